The predicted octanol–water partition coefficient (Wildman–Crippen LogP) is 2.81. The number of carbonyl (C=O) groups is 2. The molecule has 0 radical (unpaired) electrons. The van der Waals surface area contributed by atoms with Gasteiger partial charge in [0.05, 0.1) is 6.04 Å². The van der Waals surface area contributed by atoms with Crippen LogP contribution in [-0.4, -0.2) is 48.9 Å². The number of halogens is 1. The summed E-state index contributed by atoms with van der Waals surface area (Å²) >= 11 is 6.01. The lowest BCUT2D eigenvalue weighted by atomic mass is 9.97. The number of fused-ring (bicyclic) bond motifs is 1. The average Bonchev–Trinajstić information content (AvgIpc) is 3.35. The van der Waals surface area contributed by atoms with Crippen molar-refractivity contribution in [1.29, 1.82) is 0 Å². The molecule has 2 N–H and O–H groups in total. The second-order valence-corrected chi connectivity index (χ2v) is 7.88. The topological polar surface area (TPSA) is 74.6 Å². The minimum atomic E-state index is -0.101. The van der Waals surface area contributed by atoms with E-state index >= 15 is 0 Å². The molecule has 2 aliphatic rings. The van der Waals surface area contributed by atoms with Gasteiger partial charge in [0.2, 0.25) is 5.91 Å². The van der Waals surface area contributed by atoms with Crippen molar-refractivity contribution >= 4 is 34.4 Å². The number of hydrogen-bond donors (Lipinski definition) is 2. The Morgan fingerprint density at radius 1 is 1.26 bits per heavy atom. The molecule has 0 saturated carbocycles. The Balaban J connectivity index is 1.36. The van der Waals surface area contributed by atoms with Crippen LogP contribution in [0.5, 0.6) is 0 Å². The Bertz CT molecular complexity index is 844. The maximum absolute atomic E-state index is 12.8. The summed E-state index contributed by atoms with van der Waals surface area (Å²) in [5.74, 6) is 0.583. The van der Waals surface area contributed by atoms with E-state index in [1.165, 1.54) is 0 Å². The number of piperidine rings is 1. The van der Waals surface area contributed by atoms with Crippen LogP contribution in [0.25, 0.3) is 11.0 Å². The van der Waals surface area contributed by atoms with Crippen LogP contribution in [0, 0.1) is 5.92 Å². The van der Waals surface area contributed by atoms with Crippen molar-refractivity contribution in [2.75, 3.05) is 26.2 Å². The first-order valence-corrected chi connectivity index (χ1v) is 9.97. The van der Waals surface area contributed by atoms with Crippen LogP contribution in [0.1, 0.15) is 36.2 Å². The molecule has 2 unspecified atom stereocenters. The molecule has 1 aromatic heterocycles. The van der Waals surface area contributed by atoms with Gasteiger partial charge in [-0.25, -0.2) is 0 Å². The maximum atomic E-state index is 12.8. The van der Waals surface area contributed by atoms with Crippen LogP contribution >= 0.6 is 11.6 Å². The first kappa shape index (κ1) is 18.3. The van der Waals surface area contributed by atoms with E-state index in [1.807, 2.05) is 4.90 Å². The molecule has 27 heavy (non-hydrogen) atoms. The van der Waals surface area contributed by atoms with Crippen molar-refractivity contribution in [3.05, 3.63) is 35.0 Å². The molecule has 2 aromatic rings. The minimum absolute atomic E-state index is 0.0614. The zero-order valence-electron chi connectivity index (χ0n) is 15.2. The summed E-state index contributed by atoms with van der Waals surface area (Å²) in [5.41, 5.74) is 0.660. The number of nitrogens with one attached hydrogen (secondary N) is 2. The van der Waals surface area contributed by atoms with Gasteiger partial charge in [-0.3, -0.25) is 9.59 Å². The van der Waals surface area contributed by atoms with Crippen molar-refractivity contribution in [2.24, 2.45) is 5.92 Å². The van der Waals surface area contributed by atoms with E-state index in [4.69, 9.17) is 16.0 Å². The van der Waals surface area contributed by atoms with Crippen LogP contribution in [0.3, 0.4) is 0 Å². The SMILES string of the molecule is O=C(NCC1CCCN(C(=O)c2cc3cc(Cl)ccc3o2)C1)C1CCCN1. The summed E-state index contributed by atoms with van der Waals surface area (Å²) in [6.45, 7) is 2.86. The fourth-order valence-electron chi connectivity index (χ4n) is 3.97. The molecule has 144 valence electrons. The molecule has 4 rings (SSSR count). The molecule has 3 heterocycles. The number of likely N-dealkylation sites (tertiary alicyclic amines) is 1. The Morgan fingerprint density at radius 2 is 2.15 bits per heavy atom. The smallest absolute Gasteiger partial charge is 0.289 e. The van der Waals surface area contributed by atoms with E-state index in [2.05, 4.69) is 10.6 Å². The quantitative estimate of drug-likeness (QED) is 0.843. The summed E-state index contributed by atoms with van der Waals surface area (Å²) in [6.07, 6.45) is 3.89. The lowest BCUT2D eigenvalue weighted by Gasteiger charge is -2.32. The Morgan fingerprint density at radius 3 is 2.96 bits per heavy atom. The van der Waals surface area contributed by atoms with Crippen LogP contribution in [0.4, 0.5) is 0 Å². The number of amides is 2. The molecule has 6 nitrogen and oxygen atoms in total. The summed E-state index contributed by atoms with van der Waals surface area (Å²) < 4.78 is 5.71. The third-order valence-electron chi connectivity index (χ3n) is 5.44. The molecule has 2 saturated heterocycles. The van der Waals surface area contributed by atoms with Crippen LogP contribution in [0.2, 0.25) is 5.02 Å². The largest absolute Gasteiger partial charge is 0.451 e. The molecule has 2 atom stereocenters. The van der Waals surface area contributed by atoms with E-state index in [9.17, 15) is 9.59 Å². The highest BCUT2D eigenvalue weighted by molar-refractivity contribution is 6.31. The molecule has 1 aromatic carbocycles. The second-order valence-electron chi connectivity index (χ2n) is 7.45. The first-order valence-electron chi connectivity index (χ1n) is 9.59. The molecular weight excluding hydrogens is 366 g/mol. The molecular formula is C20H24ClN3O3. The van der Waals surface area contributed by atoms with E-state index < -0.39 is 0 Å². The number of carbonyl (C=O) groups excluding carboxylic acids is 2. The Kier molecular flexibility index (Phi) is 5.36. The first-order chi connectivity index (χ1) is 13.1. The summed E-state index contributed by atoms with van der Waals surface area (Å²) in [5, 5.41) is 7.70. The normalized spacial score (nSPS) is 22.9. The van der Waals surface area contributed by atoms with Gasteiger partial charge in [-0.05, 0) is 62.4 Å². The molecule has 0 bridgehead atoms. The van der Waals surface area contributed by atoms with E-state index in [0.29, 0.717) is 36.0 Å². The lowest BCUT2D eigenvalue weighted by molar-refractivity contribution is -0.123. The van der Waals surface area contributed by atoms with Crippen molar-refractivity contribution in [3.8, 4) is 0 Å². The van der Waals surface area contributed by atoms with Gasteiger partial charge in [0.15, 0.2) is 5.76 Å². The Hall–Kier alpha value is -2.05. The van der Waals surface area contributed by atoms with Crippen molar-refractivity contribution in [1.82, 2.24) is 15.5 Å². The van der Waals surface area contributed by atoms with Gasteiger partial charge in [0.1, 0.15) is 5.58 Å². The van der Waals surface area contributed by atoms with Crippen LogP contribution < -0.4 is 10.6 Å². The van der Waals surface area contributed by atoms with Crippen LogP contribution in [-0.2, 0) is 4.79 Å². The summed E-state index contributed by atoms with van der Waals surface area (Å²) in [4.78, 5) is 26.8. The molecule has 2 fully saturated rings. The summed E-state index contributed by atoms with van der Waals surface area (Å²) in [6, 6.07) is 7.01. The highest BCUT2D eigenvalue weighted by Gasteiger charge is 2.28. The number of furan rings is 1. The molecule has 2 aliphatic heterocycles. The molecule has 0 spiro atoms. The fraction of sp³-hybridized carbons (Fsp3) is 0.500. The number of benzene rings is 1. The zero-order chi connectivity index (χ0) is 18.8. The lowest BCUT2D eigenvalue weighted by Crippen LogP contribution is -2.46. The molecule has 2 amide bonds. The number of rotatable bonds is 4. The second kappa shape index (κ2) is 7.90. The van der Waals surface area contributed by atoms with E-state index in [-0.39, 0.29) is 23.8 Å². The van der Waals surface area contributed by atoms with Crippen molar-refractivity contribution in [3.63, 3.8) is 0 Å². The number of nitrogens with zero attached hydrogens (tertiary/aromatic N) is 1. The maximum Gasteiger partial charge on any atom is 0.289 e. The third kappa shape index (κ3) is 4.12. The van der Waals surface area contributed by atoms with Crippen molar-refractivity contribution < 1.29 is 14.0 Å². The van der Waals surface area contributed by atoms with E-state index in [0.717, 1.165) is 37.6 Å². The van der Waals surface area contributed by atoms with Gasteiger partial charge in [-0.15, -0.1) is 0 Å². The monoisotopic (exact) mass is 389 g/mol. The highest BCUT2D eigenvalue weighted by atomic mass is 35.5. The van der Waals surface area contributed by atoms with Gasteiger partial charge in [0, 0.05) is 30.0 Å². The standard InChI is InChI=1S/C20H24ClN3O3/c21-15-5-6-17-14(9-15)10-18(27-17)20(26)24-8-2-3-13(12-24)11-23-19(25)16-4-1-7-22-16/h5-6,9-10,13,16,22H,1-4,7-8,11-12H2,(H,23,25). The van der Waals surface area contributed by atoms with Gasteiger partial charge in [-0.2, -0.15) is 0 Å². The van der Waals surface area contributed by atoms with E-state index in [1.54, 1.807) is 24.3 Å². The fourth-order valence-corrected chi connectivity index (χ4v) is 4.15. The Labute approximate surface area is 163 Å². The highest BCUT2D eigenvalue weighted by Crippen LogP contribution is 2.25. The van der Waals surface area contributed by atoms with Gasteiger partial charge < -0.3 is 20.0 Å². The van der Waals surface area contributed by atoms with Crippen molar-refractivity contribution in [2.45, 2.75) is 31.7 Å². The van der Waals surface area contributed by atoms with Gasteiger partial charge in [-0.1, -0.05) is 11.6 Å². The minimum Gasteiger partial charge on any atom is -0.451 e. The summed E-state index contributed by atoms with van der Waals surface area (Å²) in [7, 11) is 0. The van der Waals surface area contributed by atoms with Gasteiger partial charge in [0.25, 0.3) is 5.91 Å². The van der Waals surface area contributed by atoms with Gasteiger partial charge >= 0.3 is 0 Å². The zero-order valence-corrected chi connectivity index (χ0v) is 15.9. The molecule has 0 aliphatic carbocycles. The number of hydrogen-bond acceptors (Lipinski definition) is 4. The predicted molar refractivity (Wildman–Crippen MR) is 104 cm³/mol. The third-order valence-corrected chi connectivity index (χ3v) is 5.67. The van der Waals surface area contributed by atoms with Crippen LogP contribution in [0.15, 0.2) is 28.7 Å². The average molecular weight is 390 g/mol. The molecule has 7 heteroatoms.